The highest BCUT2D eigenvalue weighted by Gasteiger charge is 2.42. The summed E-state index contributed by atoms with van der Waals surface area (Å²) in [4.78, 5) is 19.4. The van der Waals surface area contributed by atoms with Gasteiger partial charge in [-0.2, -0.15) is 0 Å². The lowest BCUT2D eigenvalue weighted by Crippen LogP contribution is -2.45. The monoisotopic (exact) mass is 439 g/mol. The maximum atomic E-state index is 12.6. The molecule has 2 saturated heterocycles. The molecule has 1 unspecified atom stereocenters. The highest BCUT2D eigenvalue weighted by Crippen LogP contribution is 2.38. The lowest BCUT2D eigenvalue weighted by Gasteiger charge is -2.39. The van der Waals surface area contributed by atoms with E-state index in [0.29, 0.717) is 12.1 Å². The fourth-order valence-corrected chi connectivity index (χ4v) is 5.32. The third kappa shape index (κ3) is 5.88. The van der Waals surface area contributed by atoms with Gasteiger partial charge in [-0.3, -0.25) is 4.79 Å². The number of likely N-dealkylation sites (tertiary alicyclic amines) is 1. The zero-order valence-electron chi connectivity index (χ0n) is 18.4. The molecule has 0 bridgehead atoms. The predicted octanol–water partition coefficient (Wildman–Crippen LogP) is 4.18. The van der Waals surface area contributed by atoms with E-state index < -0.39 is 0 Å². The van der Waals surface area contributed by atoms with Crippen LogP contribution in [-0.2, 0) is 11.2 Å². The van der Waals surface area contributed by atoms with Crippen LogP contribution in [0, 0.1) is 0 Å². The molecular weight excluding hydrogens is 406 g/mol. The van der Waals surface area contributed by atoms with Crippen LogP contribution in [-0.4, -0.2) is 59.9 Å². The predicted molar refractivity (Wildman–Crippen MR) is 126 cm³/mol. The quantitative estimate of drug-likeness (QED) is 0.626. The third-order valence-corrected chi connectivity index (χ3v) is 7.30. The van der Waals surface area contributed by atoms with Crippen molar-refractivity contribution in [3.63, 3.8) is 0 Å². The summed E-state index contributed by atoms with van der Waals surface area (Å²) in [5.74, 6) is -0.0600. The second-order valence-corrected chi connectivity index (χ2v) is 9.46. The van der Waals surface area contributed by atoms with Crippen molar-refractivity contribution in [1.82, 2.24) is 15.2 Å². The number of nitrogens with zero attached hydrogens (tertiary/aromatic N) is 2. The Morgan fingerprint density at radius 1 is 1.19 bits per heavy atom. The number of hydrogen-bond acceptors (Lipinski definition) is 5. The third-order valence-electron chi connectivity index (χ3n) is 6.59. The van der Waals surface area contributed by atoms with Gasteiger partial charge < -0.3 is 15.0 Å². The maximum absolute atomic E-state index is 12.6. The number of nitrogens with one attached hydrogen (secondary N) is 1. The van der Waals surface area contributed by atoms with E-state index in [-0.39, 0.29) is 17.6 Å². The SMILES string of the molecule is CSc1ncccc1C(=O)NCC1CCC2(CCN(CCCc3ccccc3)CC2)O1. The molecule has 6 heteroatoms. The molecule has 166 valence electrons. The first-order chi connectivity index (χ1) is 15.2. The Labute approximate surface area is 190 Å². The lowest BCUT2D eigenvalue weighted by atomic mass is 9.88. The van der Waals surface area contributed by atoms with Crippen LogP contribution in [0.15, 0.2) is 53.7 Å². The first-order valence-corrected chi connectivity index (χ1v) is 12.6. The number of thioether (sulfide) groups is 1. The van der Waals surface area contributed by atoms with Gasteiger partial charge in [-0.1, -0.05) is 30.3 Å². The molecule has 0 aliphatic carbocycles. The van der Waals surface area contributed by atoms with Gasteiger partial charge in [-0.15, -0.1) is 11.8 Å². The highest BCUT2D eigenvalue weighted by molar-refractivity contribution is 7.98. The van der Waals surface area contributed by atoms with Crippen LogP contribution in [0.2, 0.25) is 0 Å². The van der Waals surface area contributed by atoms with Crippen LogP contribution in [0.5, 0.6) is 0 Å². The Morgan fingerprint density at radius 3 is 2.77 bits per heavy atom. The van der Waals surface area contributed by atoms with E-state index >= 15 is 0 Å². The smallest absolute Gasteiger partial charge is 0.254 e. The maximum Gasteiger partial charge on any atom is 0.254 e. The molecule has 1 atom stereocenters. The van der Waals surface area contributed by atoms with Crippen molar-refractivity contribution in [3.8, 4) is 0 Å². The van der Waals surface area contributed by atoms with Crippen molar-refractivity contribution in [1.29, 1.82) is 0 Å². The molecule has 1 aromatic heterocycles. The van der Waals surface area contributed by atoms with E-state index in [4.69, 9.17) is 4.74 Å². The fourth-order valence-electron chi connectivity index (χ4n) is 4.77. The van der Waals surface area contributed by atoms with Crippen molar-refractivity contribution >= 4 is 17.7 Å². The number of piperidine rings is 1. The Kier molecular flexibility index (Phi) is 7.64. The van der Waals surface area contributed by atoms with Gasteiger partial charge in [0.1, 0.15) is 5.03 Å². The first kappa shape index (κ1) is 22.3. The molecule has 1 aromatic carbocycles. The van der Waals surface area contributed by atoms with Crippen LogP contribution in [0.4, 0.5) is 0 Å². The number of rotatable bonds is 8. The van der Waals surface area contributed by atoms with Gasteiger partial charge in [-0.25, -0.2) is 4.98 Å². The van der Waals surface area contributed by atoms with Crippen molar-refractivity contribution < 1.29 is 9.53 Å². The molecule has 0 radical (unpaired) electrons. The number of carbonyl (C=O) groups excluding carboxylic acids is 1. The van der Waals surface area contributed by atoms with Crippen LogP contribution in [0.3, 0.4) is 0 Å². The van der Waals surface area contributed by atoms with E-state index in [1.54, 1.807) is 6.20 Å². The molecule has 1 N–H and O–H groups in total. The Bertz CT molecular complexity index is 853. The Morgan fingerprint density at radius 2 is 2.00 bits per heavy atom. The molecule has 31 heavy (non-hydrogen) atoms. The summed E-state index contributed by atoms with van der Waals surface area (Å²) >= 11 is 1.50. The van der Waals surface area contributed by atoms with E-state index in [0.717, 1.165) is 56.8 Å². The summed E-state index contributed by atoms with van der Waals surface area (Å²) in [6.45, 7) is 3.96. The number of aryl methyl sites for hydroxylation is 1. The normalized spacial score (nSPS) is 20.7. The largest absolute Gasteiger partial charge is 0.370 e. The van der Waals surface area contributed by atoms with Crippen LogP contribution >= 0.6 is 11.8 Å². The summed E-state index contributed by atoms with van der Waals surface area (Å²) in [7, 11) is 0. The summed E-state index contributed by atoms with van der Waals surface area (Å²) in [5, 5.41) is 3.83. The topological polar surface area (TPSA) is 54.5 Å². The van der Waals surface area contributed by atoms with E-state index in [1.807, 2.05) is 18.4 Å². The zero-order chi connectivity index (χ0) is 21.5. The minimum absolute atomic E-state index is 0.0179. The van der Waals surface area contributed by atoms with Gasteiger partial charge in [-0.05, 0) is 69.0 Å². The molecule has 2 fully saturated rings. The van der Waals surface area contributed by atoms with Gasteiger partial charge in [0.25, 0.3) is 5.91 Å². The number of hydrogen-bond donors (Lipinski definition) is 1. The second-order valence-electron chi connectivity index (χ2n) is 8.66. The summed E-state index contributed by atoms with van der Waals surface area (Å²) < 4.78 is 6.49. The van der Waals surface area contributed by atoms with Gasteiger partial charge in [0.15, 0.2) is 0 Å². The van der Waals surface area contributed by atoms with E-state index in [9.17, 15) is 4.79 Å². The van der Waals surface area contributed by atoms with Crippen molar-refractivity contribution in [2.24, 2.45) is 0 Å². The van der Waals surface area contributed by atoms with Gasteiger partial charge in [0.2, 0.25) is 0 Å². The van der Waals surface area contributed by atoms with Gasteiger partial charge in [0.05, 0.1) is 17.3 Å². The zero-order valence-corrected chi connectivity index (χ0v) is 19.2. The van der Waals surface area contributed by atoms with Crippen molar-refractivity contribution in [2.75, 3.05) is 32.4 Å². The highest BCUT2D eigenvalue weighted by atomic mass is 32.2. The average molecular weight is 440 g/mol. The molecule has 1 amide bonds. The van der Waals surface area contributed by atoms with Crippen LogP contribution in [0.1, 0.15) is 48.0 Å². The Hall–Kier alpha value is -1.89. The molecule has 2 aliphatic heterocycles. The van der Waals surface area contributed by atoms with Crippen molar-refractivity contribution in [2.45, 2.75) is 55.3 Å². The number of ether oxygens (including phenoxy) is 1. The second kappa shape index (κ2) is 10.6. The molecule has 0 saturated carbocycles. The van der Waals surface area contributed by atoms with Gasteiger partial charge in [0, 0.05) is 25.8 Å². The number of benzene rings is 1. The molecular formula is C25H33N3O2S. The fraction of sp³-hybridized carbons (Fsp3) is 0.520. The van der Waals surface area contributed by atoms with Crippen molar-refractivity contribution in [3.05, 3.63) is 59.8 Å². The minimum atomic E-state index is -0.0600. The lowest BCUT2D eigenvalue weighted by molar-refractivity contribution is -0.0754. The summed E-state index contributed by atoms with van der Waals surface area (Å²) in [6, 6.07) is 14.4. The minimum Gasteiger partial charge on any atom is -0.370 e. The Balaban J connectivity index is 1.18. The summed E-state index contributed by atoms with van der Waals surface area (Å²) in [6.07, 6.45) is 10.5. The van der Waals surface area contributed by atoms with Gasteiger partial charge >= 0.3 is 0 Å². The number of aromatic nitrogens is 1. The molecule has 2 aromatic rings. The van der Waals surface area contributed by atoms with Crippen LogP contribution in [0.25, 0.3) is 0 Å². The molecule has 3 heterocycles. The standard InChI is InChI=1S/C25H33N3O2S/c1-31-24-22(10-5-15-26-24)23(29)27-19-21-11-12-25(30-21)13-17-28(18-14-25)16-6-9-20-7-3-2-4-8-20/h2-5,7-8,10,15,21H,6,9,11-14,16-19H2,1H3,(H,27,29). The molecule has 2 aliphatic rings. The first-order valence-electron chi connectivity index (χ1n) is 11.4. The summed E-state index contributed by atoms with van der Waals surface area (Å²) in [5.41, 5.74) is 2.09. The van der Waals surface area contributed by atoms with Crippen LogP contribution < -0.4 is 5.32 Å². The average Bonchev–Trinajstić information content (AvgIpc) is 3.22. The van der Waals surface area contributed by atoms with E-state index in [2.05, 4.69) is 45.5 Å². The molecule has 5 nitrogen and oxygen atoms in total. The molecule has 1 spiro atoms. The number of pyridine rings is 1. The number of carbonyl (C=O) groups is 1. The molecule has 4 rings (SSSR count). The van der Waals surface area contributed by atoms with E-state index in [1.165, 1.54) is 23.7 Å². The number of amides is 1.